The topological polar surface area (TPSA) is 29.3 Å². The van der Waals surface area contributed by atoms with Gasteiger partial charge in [-0.2, -0.15) is 0 Å². The third-order valence-corrected chi connectivity index (χ3v) is 4.07. The van der Waals surface area contributed by atoms with Crippen molar-refractivity contribution in [2.75, 3.05) is 11.4 Å². The maximum Gasteiger partial charge on any atom is 0.106 e. The fourth-order valence-corrected chi connectivity index (χ4v) is 2.88. The highest BCUT2D eigenvalue weighted by molar-refractivity contribution is 7.80. The maximum absolute atomic E-state index is 5.86. The van der Waals surface area contributed by atoms with Gasteiger partial charge in [-0.1, -0.05) is 25.2 Å². The van der Waals surface area contributed by atoms with E-state index in [1.807, 2.05) is 0 Å². The zero-order valence-corrected chi connectivity index (χ0v) is 12.3. The van der Waals surface area contributed by atoms with Crippen LogP contribution in [0, 0.1) is 12.8 Å². The molecule has 1 saturated heterocycles. The van der Waals surface area contributed by atoms with Crippen LogP contribution in [0.3, 0.4) is 0 Å². The van der Waals surface area contributed by atoms with E-state index in [1.165, 1.54) is 24.1 Å². The van der Waals surface area contributed by atoms with Crippen LogP contribution in [0.25, 0.3) is 0 Å². The van der Waals surface area contributed by atoms with Crippen LogP contribution in [0.15, 0.2) is 18.2 Å². The molecule has 2 nitrogen and oxygen atoms in total. The van der Waals surface area contributed by atoms with Gasteiger partial charge in [-0.15, -0.1) is 0 Å². The third kappa shape index (κ3) is 2.66. The first-order chi connectivity index (χ1) is 8.49. The van der Waals surface area contributed by atoms with Crippen molar-refractivity contribution in [1.29, 1.82) is 0 Å². The fourth-order valence-electron chi connectivity index (χ4n) is 2.71. The zero-order chi connectivity index (χ0) is 13.3. The van der Waals surface area contributed by atoms with Gasteiger partial charge in [-0.3, -0.25) is 0 Å². The molecule has 0 bridgehead atoms. The summed E-state index contributed by atoms with van der Waals surface area (Å²) in [4.78, 5) is 2.96. The summed E-state index contributed by atoms with van der Waals surface area (Å²) in [5, 5.41) is 0. The maximum atomic E-state index is 5.86. The first-order valence-electron chi connectivity index (χ1n) is 6.66. The molecule has 1 aliphatic heterocycles. The summed E-state index contributed by atoms with van der Waals surface area (Å²) in [6.45, 7) is 7.82. The van der Waals surface area contributed by atoms with Crippen LogP contribution in [0.2, 0.25) is 0 Å². The lowest BCUT2D eigenvalue weighted by atomic mass is 9.93. The van der Waals surface area contributed by atoms with E-state index in [2.05, 4.69) is 43.9 Å². The van der Waals surface area contributed by atoms with E-state index in [9.17, 15) is 0 Å². The van der Waals surface area contributed by atoms with Gasteiger partial charge in [-0.25, -0.2) is 0 Å². The number of piperidine rings is 1. The first kappa shape index (κ1) is 13.3. The van der Waals surface area contributed by atoms with Crippen LogP contribution in [-0.2, 0) is 0 Å². The molecule has 0 aliphatic carbocycles. The standard InChI is InChI=1S/C15H22N2S/c1-10-5-7-13(15(16)18)14(8-10)17-9-11(2)4-6-12(17)3/h5,7-8,11-12H,4,6,9H2,1-3H3,(H2,16,18). The van der Waals surface area contributed by atoms with Crippen molar-refractivity contribution >= 4 is 22.9 Å². The summed E-state index contributed by atoms with van der Waals surface area (Å²) >= 11 is 5.18. The molecule has 0 amide bonds. The third-order valence-electron chi connectivity index (χ3n) is 3.85. The normalized spacial score (nSPS) is 24.1. The van der Waals surface area contributed by atoms with E-state index in [1.54, 1.807) is 0 Å². The molecule has 2 atom stereocenters. The smallest absolute Gasteiger partial charge is 0.106 e. The summed E-state index contributed by atoms with van der Waals surface area (Å²) in [5.74, 6) is 0.737. The van der Waals surface area contributed by atoms with E-state index in [0.717, 1.165) is 18.0 Å². The van der Waals surface area contributed by atoms with Crippen LogP contribution >= 0.6 is 12.2 Å². The zero-order valence-electron chi connectivity index (χ0n) is 11.4. The summed E-state index contributed by atoms with van der Waals surface area (Å²) in [6, 6.07) is 6.91. The van der Waals surface area contributed by atoms with Gasteiger partial charge < -0.3 is 10.6 Å². The largest absolute Gasteiger partial charge is 0.389 e. The second-order valence-corrected chi connectivity index (χ2v) is 6.01. The van der Waals surface area contributed by atoms with Gasteiger partial charge in [0.2, 0.25) is 0 Å². The molecule has 2 unspecified atom stereocenters. The molecule has 2 N–H and O–H groups in total. The summed E-state index contributed by atoms with van der Waals surface area (Å²) < 4.78 is 0. The number of nitrogens with zero attached hydrogens (tertiary/aromatic N) is 1. The van der Waals surface area contributed by atoms with Crippen molar-refractivity contribution in [3.05, 3.63) is 29.3 Å². The van der Waals surface area contributed by atoms with Gasteiger partial charge in [0.1, 0.15) is 4.99 Å². The Balaban J connectivity index is 2.41. The van der Waals surface area contributed by atoms with Crippen molar-refractivity contribution < 1.29 is 0 Å². The highest BCUT2D eigenvalue weighted by Gasteiger charge is 2.25. The highest BCUT2D eigenvalue weighted by Crippen LogP contribution is 2.30. The van der Waals surface area contributed by atoms with E-state index in [4.69, 9.17) is 18.0 Å². The number of hydrogen-bond acceptors (Lipinski definition) is 2. The molecule has 2 rings (SSSR count). The lowest BCUT2D eigenvalue weighted by molar-refractivity contribution is 0.390. The summed E-state index contributed by atoms with van der Waals surface area (Å²) in [5.41, 5.74) is 9.34. The Bertz CT molecular complexity index is 456. The predicted molar refractivity (Wildman–Crippen MR) is 82.3 cm³/mol. The number of aryl methyl sites for hydroxylation is 1. The Labute approximate surface area is 115 Å². The lowest BCUT2D eigenvalue weighted by Crippen LogP contribution is -2.42. The Morgan fingerprint density at radius 3 is 2.72 bits per heavy atom. The Morgan fingerprint density at radius 2 is 2.06 bits per heavy atom. The molecule has 3 heteroatoms. The van der Waals surface area contributed by atoms with Crippen LogP contribution in [0.5, 0.6) is 0 Å². The molecule has 0 aromatic heterocycles. The molecule has 0 radical (unpaired) electrons. The van der Waals surface area contributed by atoms with Gasteiger partial charge >= 0.3 is 0 Å². The average Bonchev–Trinajstić information content (AvgIpc) is 2.31. The Morgan fingerprint density at radius 1 is 1.33 bits per heavy atom. The van der Waals surface area contributed by atoms with Crippen LogP contribution in [-0.4, -0.2) is 17.6 Å². The van der Waals surface area contributed by atoms with E-state index < -0.39 is 0 Å². The second-order valence-electron chi connectivity index (χ2n) is 5.57. The lowest BCUT2D eigenvalue weighted by Gasteiger charge is -2.39. The number of anilines is 1. The van der Waals surface area contributed by atoms with Crippen LogP contribution in [0.4, 0.5) is 5.69 Å². The van der Waals surface area contributed by atoms with Crippen molar-refractivity contribution in [2.45, 2.75) is 39.7 Å². The molecule has 1 heterocycles. The molecule has 0 saturated carbocycles. The van der Waals surface area contributed by atoms with Crippen LogP contribution < -0.4 is 10.6 Å². The second kappa shape index (κ2) is 5.27. The van der Waals surface area contributed by atoms with Gasteiger partial charge in [0.15, 0.2) is 0 Å². The van der Waals surface area contributed by atoms with Gasteiger partial charge in [-0.05, 0) is 50.3 Å². The number of hydrogen-bond donors (Lipinski definition) is 1. The minimum absolute atomic E-state index is 0.496. The summed E-state index contributed by atoms with van der Waals surface area (Å²) in [7, 11) is 0. The van der Waals surface area contributed by atoms with E-state index in [0.29, 0.717) is 11.0 Å². The molecule has 1 fully saturated rings. The Hall–Kier alpha value is -1.09. The highest BCUT2D eigenvalue weighted by atomic mass is 32.1. The monoisotopic (exact) mass is 262 g/mol. The fraction of sp³-hybridized carbons (Fsp3) is 0.533. The van der Waals surface area contributed by atoms with Crippen molar-refractivity contribution in [3.8, 4) is 0 Å². The minimum Gasteiger partial charge on any atom is -0.389 e. The number of nitrogens with two attached hydrogens (primary N) is 1. The van der Waals surface area contributed by atoms with Crippen molar-refractivity contribution in [1.82, 2.24) is 0 Å². The SMILES string of the molecule is Cc1ccc(C(N)=S)c(N2CC(C)CCC2C)c1. The number of thiocarbonyl (C=S) groups is 1. The molecule has 1 aromatic carbocycles. The summed E-state index contributed by atoms with van der Waals surface area (Å²) in [6.07, 6.45) is 2.55. The quantitative estimate of drug-likeness (QED) is 0.830. The van der Waals surface area contributed by atoms with Crippen molar-refractivity contribution in [3.63, 3.8) is 0 Å². The minimum atomic E-state index is 0.496. The van der Waals surface area contributed by atoms with Gasteiger partial charge in [0.05, 0.1) is 0 Å². The molecular weight excluding hydrogens is 240 g/mol. The van der Waals surface area contributed by atoms with E-state index >= 15 is 0 Å². The molecule has 1 aliphatic rings. The molecule has 98 valence electrons. The molecule has 18 heavy (non-hydrogen) atoms. The average molecular weight is 262 g/mol. The molecule has 1 aromatic rings. The predicted octanol–water partition coefficient (Wildman–Crippen LogP) is 3.25. The molecular formula is C15H22N2S. The molecule has 0 spiro atoms. The van der Waals surface area contributed by atoms with Crippen LogP contribution in [0.1, 0.15) is 37.8 Å². The number of benzene rings is 1. The first-order valence-corrected chi connectivity index (χ1v) is 7.07. The number of rotatable bonds is 2. The van der Waals surface area contributed by atoms with Gasteiger partial charge in [0.25, 0.3) is 0 Å². The van der Waals surface area contributed by atoms with Gasteiger partial charge in [0, 0.05) is 23.8 Å². The van der Waals surface area contributed by atoms with Crippen molar-refractivity contribution in [2.24, 2.45) is 11.7 Å². The van der Waals surface area contributed by atoms with E-state index in [-0.39, 0.29) is 0 Å². The Kier molecular flexibility index (Phi) is 3.91.